The highest BCUT2D eigenvalue weighted by Gasteiger charge is 2.17. The van der Waals surface area contributed by atoms with Crippen LogP contribution in [0.5, 0.6) is 0 Å². The van der Waals surface area contributed by atoms with Gasteiger partial charge in [-0.15, -0.1) is 0 Å². The van der Waals surface area contributed by atoms with Crippen molar-refractivity contribution in [3.8, 4) is 0 Å². The molecule has 0 spiro atoms. The molecule has 15 heavy (non-hydrogen) atoms. The fourth-order valence-corrected chi connectivity index (χ4v) is 3.38. The molecular formula is C11H25NO2Si. The molecule has 0 rings (SSSR count). The number of nitrogens with two attached hydrogens (primary N) is 1. The summed E-state index contributed by atoms with van der Waals surface area (Å²) in [5.41, 5.74) is 5.57. The highest BCUT2D eigenvalue weighted by atomic mass is 28.3. The number of hydrogen-bond donors (Lipinski definition) is 1. The second-order valence-corrected chi connectivity index (χ2v) is 5.55. The molecule has 0 radical (unpaired) electrons. The van der Waals surface area contributed by atoms with Crippen molar-refractivity contribution < 1.29 is 8.85 Å². The van der Waals surface area contributed by atoms with Crippen LogP contribution < -0.4 is 5.73 Å². The Morgan fingerprint density at radius 3 is 2.07 bits per heavy atom. The fourth-order valence-electron chi connectivity index (χ4n) is 1.28. The molecule has 3 nitrogen and oxygen atoms in total. The van der Waals surface area contributed by atoms with Crippen LogP contribution in [0, 0.1) is 0 Å². The first kappa shape index (κ1) is 14.8. The number of allylic oxidation sites excluding steroid dienone is 1. The molecule has 0 fully saturated rings. The Kier molecular flexibility index (Phi) is 10.2. The minimum absolute atomic E-state index is 0.675. The largest absolute Gasteiger partial charge is 0.393 e. The summed E-state index contributed by atoms with van der Waals surface area (Å²) in [5, 5.41) is 1.29. The van der Waals surface area contributed by atoms with Gasteiger partial charge in [-0.3, -0.25) is 0 Å². The molecule has 0 unspecified atom stereocenters. The van der Waals surface area contributed by atoms with Crippen LogP contribution in [-0.4, -0.2) is 29.0 Å². The highest BCUT2D eigenvalue weighted by Crippen LogP contribution is 2.09. The Balaban J connectivity index is 4.16. The number of hydrogen-bond acceptors (Lipinski definition) is 3. The van der Waals surface area contributed by atoms with E-state index >= 15 is 0 Å². The Morgan fingerprint density at radius 1 is 1.20 bits per heavy atom. The lowest BCUT2D eigenvalue weighted by Crippen LogP contribution is -2.28. The van der Waals surface area contributed by atoms with Gasteiger partial charge in [0, 0.05) is 13.2 Å². The normalized spacial score (nSPS) is 12.5. The molecule has 0 aromatic carbocycles. The van der Waals surface area contributed by atoms with E-state index in [0.717, 1.165) is 32.5 Å². The molecule has 0 amide bonds. The zero-order valence-electron chi connectivity index (χ0n) is 10.3. The summed E-state index contributed by atoms with van der Waals surface area (Å²) < 4.78 is 11.6. The van der Waals surface area contributed by atoms with E-state index in [9.17, 15) is 0 Å². The van der Waals surface area contributed by atoms with Crippen LogP contribution in [0.4, 0.5) is 0 Å². The topological polar surface area (TPSA) is 44.5 Å². The van der Waals surface area contributed by atoms with Crippen molar-refractivity contribution in [1.29, 1.82) is 0 Å². The maximum Gasteiger partial charge on any atom is 0.351 e. The van der Waals surface area contributed by atoms with Crippen LogP contribution in [-0.2, 0) is 8.85 Å². The van der Waals surface area contributed by atoms with Crippen molar-refractivity contribution >= 4 is 9.28 Å². The summed E-state index contributed by atoms with van der Waals surface area (Å²) in [6.45, 7) is 8.53. The molecule has 0 atom stereocenters. The van der Waals surface area contributed by atoms with Gasteiger partial charge in [0.2, 0.25) is 0 Å². The van der Waals surface area contributed by atoms with Crippen LogP contribution in [0.3, 0.4) is 0 Å². The molecule has 0 heterocycles. The molecule has 0 saturated heterocycles. The molecule has 0 aliphatic rings. The maximum atomic E-state index is 5.79. The Labute approximate surface area is 95.5 Å². The third kappa shape index (κ3) is 6.84. The molecule has 0 bridgehead atoms. The zero-order chi connectivity index (χ0) is 11.5. The van der Waals surface area contributed by atoms with Crippen molar-refractivity contribution in [1.82, 2.24) is 0 Å². The summed E-state index contributed by atoms with van der Waals surface area (Å²) >= 11 is 0. The van der Waals surface area contributed by atoms with Gasteiger partial charge in [0.25, 0.3) is 0 Å². The molecule has 0 aliphatic carbocycles. The first-order valence-electron chi connectivity index (χ1n) is 5.88. The molecule has 4 heteroatoms. The molecule has 0 aromatic heterocycles. The molecular weight excluding hydrogens is 206 g/mol. The van der Waals surface area contributed by atoms with Gasteiger partial charge in [-0.2, -0.15) is 0 Å². The van der Waals surface area contributed by atoms with E-state index in [-0.39, 0.29) is 0 Å². The van der Waals surface area contributed by atoms with Crippen LogP contribution in [0.2, 0.25) is 0 Å². The van der Waals surface area contributed by atoms with E-state index in [1.165, 1.54) is 5.20 Å². The van der Waals surface area contributed by atoms with Crippen molar-refractivity contribution in [2.75, 3.05) is 19.8 Å². The van der Waals surface area contributed by atoms with Crippen LogP contribution >= 0.6 is 0 Å². The van der Waals surface area contributed by atoms with Crippen LogP contribution in [0.1, 0.15) is 40.0 Å². The van der Waals surface area contributed by atoms with Crippen molar-refractivity contribution in [3.05, 3.63) is 11.3 Å². The first-order chi connectivity index (χ1) is 7.29. The lowest BCUT2D eigenvalue weighted by molar-refractivity contribution is 0.203. The van der Waals surface area contributed by atoms with E-state index in [2.05, 4.69) is 19.9 Å². The van der Waals surface area contributed by atoms with Gasteiger partial charge in [0.05, 0.1) is 0 Å². The predicted molar refractivity (Wildman–Crippen MR) is 67.1 cm³/mol. The van der Waals surface area contributed by atoms with Gasteiger partial charge >= 0.3 is 9.28 Å². The lowest BCUT2D eigenvalue weighted by Gasteiger charge is -2.18. The second-order valence-electron chi connectivity index (χ2n) is 3.48. The van der Waals surface area contributed by atoms with E-state index in [4.69, 9.17) is 14.6 Å². The van der Waals surface area contributed by atoms with Gasteiger partial charge in [-0.1, -0.05) is 19.9 Å². The summed E-state index contributed by atoms with van der Waals surface area (Å²) in [5.74, 6) is 0. The monoisotopic (exact) mass is 231 g/mol. The summed E-state index contributed by atoms with van der Waals surface area (Å²) in [7, 11) is -1.62. The number of rotatable bonds is 9. The predicted octanol–water partition coefficient (Wildman–Crippen LogP) is 1.89. The van der Waals surface area contributed by atoms with E-state index in [1.807, 2.05) is 6.92 Å². The zero-order valence-corrected chi connectivity index (χ0v) is 11.4. The smallest absolute Gasteiger partial charge is 0.351 e. The lowest BCUT2D eigenvalue weighted by atomic mass is 10.4. The third-order valence-corrected chi connectivity index (χ3v) is 4.36. The van der Waals surface area contributed by atoms with Crippen molar-refractivity contribution in [3.63, 3.8) is 0 Å². The summed E-state index contributed by atoms with van der Waals surface area (Å²) in [6.07, 6.45) is 5.09. The van der Waals surface area contributed by atoms with Gasteiger partial charge in [0.15, 0.2) is 0 Å². The SMILES string of the molecule is CC=C(CCN)[SiH](OCCC)OCCC. The van der Waals surface area contributed by atoms with Gasteiger partial charge in [-0.05, 0) is 37.9 Å². The van der Waals surface area contributed by atoms with Crippen molar-refractivity contribution in [2.24, 2.45) is 5.73 Å². The van der Waals surface area contributed by atoms with E-state index < -0.39 is 9.28 Å². The standard InChI is InChI=1S/C11H25NO2Si/c1-4-9-13-15(14-10-5-2)11(6-3)7-8-12/h6,15H,4-5,7-10,12H2,1-3H3. The quantitative estimate of drug-likeness (QED) is 0.616. The Bertz CT molecular complexity index is 166. The Hall–Kier alpha value is -0.163. The molecule has 0 aromatic rings. The maximum absolute atomic E-state index is 5.79. The molecule has 2 N–H and O–H groups in total. The highest BCUT2D eigenvalue weighted by molar-refractivity contribution is 6.53. The summed E-state index contributed by atoms with van der Waals surface area (Å²) in [4.78, 5) is 0. The average Bonchev–Trinajstić information content (AvgIpc) is 2.27. The van der Waals surface area contributed by atoms with Gasteiger partial charge in [-0.25, -0.2) is 0 Å². The van der Waals surface area contributed by atoms with E-state index in [1.54, 1.807) is 0 Å². The first-order valence-corrected chi connectivity index (χ1v) is 7.40. The second kappa shape index (κ2) is 10.4. The van der Waals surface area contributed by atoms with Gasteiger partial charge in [0.1, 0.15) is 0 Å². The molecule has 0 saturated carbocycles. The minimum Gasteiger partial charge on any atom is -0.393 e. The Morgan fingerprint density at radius 2 is 1.73 bits per heavy atom. The summed E-state index contributed by atoms with van der Waals surface area (Å²) in [6, 6.07) is 0. The van der Waals surface area contributed by atoms with Crippen molar-refractivity contribution in [2.45, 2.75) is 40.0 Å². The fraction of sp³-hybridized carbons (Fsp3) is 0.818. The minimum atomic E-state index is -1.62. The van der Waals surface area contributed by atoms with Gasteiger partial charge < -0.3 is 14.6 Å². The average molecular weight is 231 g/mol. The molecule has 0 aliphatic heterocycles. The molecule has 90 valence electrons. The third-order valence-electron chi connectivity index (χ3n) is 2.05. The van der Waals surface area contributed by atoms with Crippen LogP contribution in [0.25, 0.3) is 0 Å². The van der Waals surface area contributed by atoms with E-state index in [0.29, 0.717) is 6.54 Å². The van der Waals surface area contributed by atoms with Crippen LogP contribution in [0.15, 0.2) is 11.3 Å².